The quantitative estimate of drug-likeness (QED) is 0.351. The van der Waals surface area contributed by atoms with Crippen LogP contribution in [0, 0.1) is 0 Å². The molecule has 0 bridgehead atoms. The largest absolute Gasteiger partial charge is 0.508 e. The molecule has 1 fully saturated rings. The van der Waals surface area contributed by atoms with Gasteiger partial charge in [-0.2, -0.15) is 0 Å². The van der Waals surface area contributed by atoms with Gasteiger partial charge in [0.25, 0.3) is 0 Å². The van der Waals surface area contributed by atoms with Crippen LogP contribution in [0.15, 0.2) is 30.3 Å². The second kappa shape index (κ2) is 9.04. The van der Waals surface area contributed by atoms with Crippen LogP contribution in [0.3, 0.4) is 0 Å². The molecule has 2 aromatic carbocycles. The van der Waals surface area contributed by atoms with Crippen molar-refractivity contribution in [1.82, 2.24) is 0 Å². The summed E-state index contributed by atoms with van der Waals surface area (Å²) in [6, 6.07) is 6.93. The Kier molecular flexibility index (Phi) is 6.32. The van der Waals surface area contributed by atoms with Crippen LogP contribution in [0.25, 0.3) is 0 Å². The molecule has 2 aliphatic heterocycles. The second-order valence-electron chi connectivity index (χ2n) is 7.80. The van der Waals surface area contributed by atoms with Gasteiger partial charge in [0.2, 0.25) is 6.29 Å². The number of methoxy groups -OCH3 is 1. The number of carbonyl (C=O) groups excluding carboxylic acids is 1. The summed E-state index contributed by atoms with van der Waals surface area (Å²) in [5.74, 6) is -0.745. The van der Waals surface area contributed by atoms with Crippen LogP contribution in [-0.4, -0.2) is 80.8 Å². The van der Waals surface area contributed by atoms with Crippen LogP contribution in [0.2, 0.25) is 0 Å². The van der Waals surface area contributed by atoms with Gasteiger partial charge in [0.05, 0.1) is 20.1 Å². The summed E-state index contributed by atoms with van der Waals surface area (Å²) in [4.78, 5) is 13.0. The lowest BCUT2D eigenvalue weighted by molar-refractivity contribution is -0.277. The van der Waals surface area contributed by atoms with Crippen LogP contribution >= 0.6 is 0 Å². The van der Waals surface area contributed by atoms with Gasteiger partial charge in [0, 0.05) is 12.1 Å². The van der Waals surface area contributed by atoms with Gasteiger partial charge in [-0.3, -0.25) is 4.79 Å². The molecule has 4 rings (SSSR count). The molecule has 6 N–H and O–H groups in total. The molecule has 11 nitrogen and oxygen atoms in total. The lowest BCUT2D eigenvalue weighted by atomic mass is 9.95. The Morgan fingerprint density at radius 1 is 1.03 bits per heavy atom. The predicted octanol–water partition coefficient (Wildman–Crippen LogP) is -0.00840. The lowest BCUT2D eigenvalue weighted by Crippen LogP contribution is -2.60. The van der Waals surface area contributed by atoms with Gasteiger partial charge in [0.1, 0.15) is 53.3 Å². The molecule has 33 heavy (non-hydrogen) atoms. The van der Waals surface area contributed by atoms with E-state index in [1.807, 2.05) is 0 Å². The minimum atomic E-state index is -1.70. The monoisotopic (exact) mass is 464 g/mol. The molecular weight excluding hydrogens is 440 g/mol. The smallest absolute Gasteiger partial charge is 0.229 e. The number of phenols is 2. The molecule has 2 aliphatic rings. The van der Waals surface area contributed by atoms with Crippen molar-refractivity contribution in [2.75, 3.05) is 13.7 Å². The molecule has 11 heteroatoms. The zero-order chi connectivity index (χ0) is 23.9. The van der Waals surface area contributed by atoms with Crippen LogP contribution < -0.4 is 14.2 Å². The Morgan fingerprint density at radius 2 is 1.79 bits per heavy atom. The summed E-state index contributed by atoms with van der Waals surface area (Å²) in [5.41, 5.74) is 0.491. The molecule has 2 heterocycles. The minimum Gasteiger partial charge on any atom is -0.508 e. The molecule has 2 aromatic rings. The fraction of sp³-hybridized carbons (Fsp3) is 0.409. The number of phenolic OH excluding ortho intramolecular Hbond substituents is 2. The Bertz CT molecular complexity index is 1040. The fourth-order valence-electron chi connectivity index (χ4n) is 3.89. The summed E-state index contributed by atoms with van der Waals surface area (Å²) in [6.45, 7) is -0.651. The molecule has 0 spiro atoms. The number of hydrogen-bond acceptors (Lipinski definition) is 11. The molecule has 0 aromatic heterocycles. The van der Waals surface area contributed by atoms with Gasteiger partial charge < -0.3 is 49.6 Å². The maximum absolute atomic E-state index is 13.0. The maximum atomic E-state index is 13.0. The normalized spacial score (nSPS) is 29.2. The molecule has 0 unspecified atom stereocenters. The van der Waals surface area contributed by atoms with Gasteiger partial charge in [0.15, 0.2) is 17.3 Å². The number of hydrogen-bond donors (Lipinski definition) is 6. The number of fused-ring (bicyclic) bond motifs is 1. The molecular formula is C22H24O11. The first-order chi connectivity index (χ1) is 15.7. The van der Waals surface area contributed by atoms with Crippen molar-refractivity contribution in [3.05, 3.63) is 41.5 Å². The number of Topliss-reactive ketones (excluding diaryl/α,β-unsaturated/α-hetero) is 1. The van der Waals surface area contributed by atoms with Crippen molar-refractivity contribution in [3.8, 4) is 28.7 Å². The van der Waals surface area contributed by atoms with Crippen molar-refractivity contribution in [2.24, 2.45) is 0 Å². The third-order valence-electron chi connectivity index (χ3n) is 5.64. The summed E-state index contributed by atoms with van der Waals surface area (Å²) < 4.78 is 21.8. The standard InChI is InChI=1S/C22H24O11/c1-30-13-3-2-9(4-11(13)25)14-7-12(26)18-15(31-14)5-10(24)6-16(18)32-22-21(29)20(28)19(27)17(8-23)33-22/h2-6,14,17,19-25,27-29H,7-8H2,1H3/t14-,17-,19-,20+,21-,22+/m0/s1. The van der Waals surface area contributed by atoms with E-state index < -0.39 is 49.2 Å². The highest BCUT2D eigenvalue weighted by Gasteiger charge is 2.45. The van der Waals surface area contributed by atoms with E-state index in [0.717, 1.165) is 6.07 Å². The SMILES string of the molecule is COc1ccc([C@@H]2CC(=O)c3c(O[C@@H]4O[C@@H](CO)[C@H](O)[C@@H](O)[C@@H]4O)cc(O)cc3O2)cc1O. The van der Waals surface area contributed by atoms with E-state index in [9.17, 15) is 35.4 Å². The molecule has 1 saturated heterocycles. The van der Waals surface area contributed by atoms with E-state index in [2.05, 4.69) is 0 Å². The number of rotatable bonds is 5. The molecule has 0 amide bonds. The van der Waals surface area contributed by atoms with Crippen molar-refractivity contribution in [2.45, 2.75) is 43.2 Å². The average Bonchev–Trinajstić information content (AvgIpc) is 2.78. The van der Waals surface area contributed by atoms with Gasteiger partial charge in [-0.1, -0.05) is 6.07 Å². The summed E-state index contributed by atoms with van der Waals surface area (Å²) >= 11 is 0. The molecule has 0 saturated carbocycles. The molecule has 6 atom stereocenters. The highest BCUT2D eigenvalue weighted by Crippen LogP contribution is 2.44. The first-order valence-corrected chi connectivity index (χ1v) is 10.1. The second-order valence-corrected chi connectivity index (χ2v) is 7.80. The van der Waals surface area contributed by atoms with E-state index in [-0.39, 0.29) is 40.7 Å². The van der Waals surface area contributed by atoms with Crippen molar-refractivity contribution in [1.29, 1.82) is 0 Å². The van der Waals surface area contributed by atoms with Gasteiger partial charge in [-0.05, 0) is 17.7 Å². The highest BCUT2D eigenvalue weighted by atomic mass is 16.7. The average molecular weight is 464 g/mol. The van der Waals surface area contributed by atoms with E-state index in [4.69, 9.17) is 18.9 Å². The summed E-state index contributed by atoms with van der Waals surface area (Å²) in [7, 11) is 1.41. The molecule has 0 aliphatic carbocycles. The minimum absolute atomic E-state index is 0.00569. The van der Waals surface area contributed by atoms with Crippen LogP contribution in [-0.2, 0) is 4.74 Å². The van der Waals surface area contributed by atoms with Crippen molar-refractivity contribution >= 4 is 5.78 Å². The number of ether oxygens (including phenoxy) is 4. The highest BCUT2D eigenvalue weighted by molar-refractivity contribution is 6.02. The van der Waals surface area contributed by atoms with E-state index in [0.29, 0.717) is 5.56 Å². The number of aliphatic hydroxyl groups excluding tert-OH is 4. The summed E-state index contributed by atoms with van der Waals surface area (Å²) in [6.07, 6.45) is -8.58. The van der Waals surface area contributed by atoms with E-state index in [1.165, 1.54) is 25.3 Å². The topological polar surface area (TPSA) is 175 Å². The predicted molar refractivity (Wildman–Crippen MR) is 109 cm³/mol. The van der Waals surface area contributed by atoms with Crippen molar-refractivity contribution in [3.63, 3.8) is 0 Å². The third kappa shape index (κ3) is 4.28. The van der Waals surface area contributed by atoms with Crippen molar-refractivity contribution < 1.29 is 54.4 Å². The van der Waals surface area contributed by atoms with Crippen LogP contribution in [0.4, 0.5) is 0 Å². The zero-order valence-electron chi connectivity index (χ0n) is 17.5. The Hall–Kier alpha value is -3.09. The van der Waals surface area contributed by atoms with E-state index >= 15 is 0 Å². The van der Waals surface area contributed by atoms with Gasteiger partial charge >= 0.3 is 0 Å². The number of ketones is 1. The number of aliphatic hydroxyl groups is 4. The van der Waals surface area contributed by atoms with E-state index in [1.54, 1.807) is 6.07 Å². The first-order valence-electron chi connectivity index (χ1n) is 10.1. The number of carbonyl (C=O) groups is 1. The Morgan fingerprint density at radius 3 is 2.45 bits per heavy atom. The van der Waals surface area contributed by atoms with Gasteiger partial charge in [-0.15, -0.1) is 0 Å². The molecule has 178 valence electrons. The number of benzene rings is 2. The number of aromatic hydroxyl groups is 2. The zero-order valence-corrected chi connectivity index (χ0v) is 17.5. The Labute approximate surface area is 188 Å². The molecule has 0 radical (unpaired) electrons. The first kappa shape index (κ1) is 23.1. The van der Waals surface area contributed by atoms with Crippen LogP contribution in [0.1, 0.15) is 28.4 Å². The van der Waals surface area contributed by atoms with Gasteiger partial charge in [-0.25, -0.2) is 0 Å². The summed E-state index contributed by atoms with van der Waals surface area (Å²) in [5, 5.41) is 59.7. The fourth-order valence-corrected chi connectivity index (χ4v) is 3.89. The maximum Gasteiger partial charge on any atom is 0.229 e. The third-order valence-corrected chi connectivity index (χ3v) is 5.64. The van der Waals surface area contributed by atoms with Crippen LogP contribution in [0.5, 0.6) is 28.7 Å². The lowest BCUT2D eigenvalue weighted by Gasteiger charge is -2.40. The Balaban J connectivity index is 1.63.